The van der Waals surface area contributed by atoms with Crippen molar-refractivity contribution in [2.24, 2.45) is 0 Å². The van der Waals surface area contributed by atoms with E-state index >= 15 is 0 Å². The normalized spacial score (nSPS) is 42.2. The molecule has 3 heterocycles. The van der Waals surface area contributed by atoms with Crippen molar-refractivity contribution in [3.05, 3.63) is 0 Å². The summed E-state index contributed by atoms with van der Waals surface area (Å²) in [5.74, 6) is 0. The maximum atomic E-state index is 2.64. The van der Waals surface area contributed by atoms with Gasteiger partial charge in [-0.05, 0) is 33.9 Å². The van der Waals surface area contributed by atoms with Gasteiger partial charge < -0.3 is 4.90 Å². The molecule has 0 saturated carbocycles. The maximum absolute atomic E-state index is 2.64. The molecule has 3 atom stereocenters. The fraction of sp³-hybridized carbons (Fsp3) is 1.00. The lowest BCUT2D eigenvalue weighted by Crippen LogP contribution is -2.62. The highest BCUT2D eigenvalue weighted by Crippen LogP contribution is 2.29. The predicted octanol–water partition coefficient (Wildman–Crippen LogP) is 0.316. The molecule has 17 heavy (non-hydrogen) atoms. The van der Waals surface area contributed by atoms with Crippen LogP contribution in [0, 0.1) is 0 Å². The molecule has 0 aromatic rings. The van der Waals surface area contributed by atoms with E-state index in [0.29, 0.717) is 6.04 Å². The average Bonchev–Trinajstić information content (AvgIpc) is 2.55. The zero-order valence-electron chi connectivity index (χ0n) is 11.5. The van der Waals surface area contributed by atoms with Crippen LogP contribution in [0.2, 0.25) is 0 Å². The van der Waals surface area contributed by atoms with Gasteiger partial charge in [0.1, 0.15) is 0 Å². The van der Waals surface area contributed by atoms with E-state index < -0.39 is 0 Å². The smallest absolute Gasteiger partial charge is 0.0290 e. The Hall–Kier alpha value is -0.160. The summed E-state index contributed by atoms with van der Waals surface area (Å²) in [7, 11) is 4.56. The molecule has 0 spiro atoms. The molecule has 3 rings (SSSR count). The highest BCUT2D eigenvalue weighted by molar-refractivity contribution is 4.94. The second kappa shape index (κ2) is 4.50. The monoisotopic (exact) mass is 238 g/mol. The first-order chi connectivity index (χ1) is 8.15. The van der Waals surface area contributed by atoms with Gasteiger partial charge in [-0.2, -0.15) is 0 Å². The number of hydrogen-bond acceptors (Lipinski definition) is 4. The Morgan fingerprint density at radius 1 is 0.824 bits per heavy atom. The predicted molar refractivity (Wildman–Crippen MR) is 69.8 cm³/mol. The molecule has 0 N–H and O–H groups in total. The molecular formula is C13H26N4. The van der Waals surface area contributed by atoms with E-state index in [9.17, 15) is 0 Å². The fourth-order valence-electron chi connectivity index (χ4n) is 3.61. The molecule has 0 amide bonds. The molecule has 0 aromatic heterocycles. The number of rotatable bonds is 1. The van der Waals surface area contributed by atoms with Gasteiger partial charge in [-0.3, -0.25) is 4.90 Å². The summed E-state index contributed by atoms with van der Waals surface area (Å²) in [4.78, 5) is 5.08. The van der Waals surface area contributed by atoms with E-state index in [-0.39, 0.29) is 0 Å². The molecule has 3 fully saturated rings. The van der Waals surface area contributed by atoms with Gasteiger partial charge in [0, 0.05) is 50.8 Å². The van der Waals surface area contributed by atoms with Crippen LogP contribution in [0.3, 0.4) is 0 Å². The molecule has 0 aliphatic carbocycles. The van der Waals surface area contributed by atoms with Crippen LogP contribution in [0.5, 0.6) is 0 Å². The molecule has 0 radical (unpaired) electrons. The van der Waals surface area contributed by atoms with Crippen molar-refractivity contribution in [1.82, 2.24) is 19.8 Å². The number of likely N-dealkylation sites (N-methyl/N-ethyl adjacent to an activating group) is 2. The standard InChI is InChI=1S/C13H26N4/c1-11-8-16(7-6-14(11)2)17-9-12-4-5-13(10-17)15(12)3/h11-13H,4-10H2,1-3H3/t11-,12?,13?/m0/s1. The summed E-state index contributed by atoms with van der Waals surface area (Å²) in [6.07, 6.45) is 2.81. The van der Waals surface area contributed by atoms with Gasteiger partial charge in [0.15, 0.2) is 0 Å². The van der Waals surface area contributed by atoms with E-state index in [0.717, 1.165) is 12.1 Å². The van der Waals surface area contributed by atoms with E-state index in [2.05, 4.69) is 40.8 Å². The average molecular weight is 238 g/mol. The number of fused-ring (bicyclic) bond motifs is 2. The van der Waals surface area contributed by atoms with Crippen LogP contribution >= 0.6 is 0 Å². The van der Waals surface area contributed by atoms with Gasteiger partial charge in [0.25, 0.3) is 0 Å². The summed E-state index contributed by atoms with van der Waals surface area (Å²) < 4.78 is 0. The van der Waals surface area contributed by atoms with Crippen molar-refractivity contribution < 1.29 is 0 Å². The van der Waals surface area contributed by atoms with E-state index in [1.807, 2.05) is 0 Å². The molecule has 2 unspecified atom stereocenters. The van der Waals surface area contributed by atoms with Crippen LogP contribution in [0.15, 0.2) is 0 Å². The first kappa shape index (κ1) is 11.9. The lowest BCUT2D eigenvalue weighted by atomic mass is 10.2. The maximum Gasteiger partial charge on any atom is 0.0290 e. The molecule has 4 nitrogen and oxygen atoms in total. The zero-order chi connectivity index (χ0) is 12.0. The van der Waals surface area contributed by atoms with Crippen molar-refractivity contribution >= 4 is 0 Å². The van der Waals surface area contributed by atoms with Crippen LogP contribution < -0.4 is 0 Å². The Kier molecular flexibility index (Phi) is 3.15. The van der Waals surface area contributed by atoms with Crippen LogP contribution in [0.4, 0.5) is 0 Å². The van der Waals surface area contributed by atoms with Crippen LogP contribution in [-0.4, -0.2) is 84.8 Å². The third-order valence-corrected chi connectivity index (χ3v) is 5.17. The van der Waals surface area contributed by atoms with Crippen LogP contribution in [-0.2, 0) is 0 Å². The summed E-state index contributed by atoms with van der Waals surface area (Å²) in [6.45, 7) is 8.48. The van der Waals surface area contributed by atoms with Gasteiger partial charge in [0.05, 0.1) is 0 Å². The molecule has 3 aliphatic rings. The minimum atomic E-state index is 0.695. The topological polar surface area (TPSA) is 13.0 Å². The number of hydrazine groups is 1. The Morgan fingerprint density at radius 3 is 2.06 bits per heavy atom. The van der Waals surface area contributed by atoms with Gasteiger partial charge in [-0.25, -0.2) is 10.0 Å². The third kappa shape index (κ3) is 2.12. The van der Waals surface area contributed by atoms with E-state index in [4.69, 9.17) is 0 Å². The van der Waals surface area contributed by atoms with Crippen LogP contribution in [0.25, 0.3) is 0 Å². The summed E-state index contributed by atoms with van der Waals surface area (Å²) in [5.41, 5.74) is 0. The number of piperazine rings is 2. The van der Waals surface area contributed by atoms with Gasteiger partial charge in [0.2, 0.25) is 0 Å². The van der Waals surface area contributed by atoms with E-state index in [1.165, 1.54) is 45.6 Å². The molecule has 0 aromatic carbocycles. The lowest BCUT2D eigenvalue weighted by Gasteiger charge is -2.48. The van der Waals surface area contributed by atoms with Crippen molar-refractivity contribution in [2.75, 3.05) is 46.8 Å². The Bertz CT molecular complexity index is 269. The molecule has 4 heteroatoms. The lowest BCUT2D eigenvalue weighted by molar-refractivity contribution is -0.105. The van der Waals surface area contributed by atoms with Gasteiger partial charge >= 0.3 is 0 Å². The minimum absolute atomic E-state index is 0.695. The van der Waals surface area contributed by atoms with Gasteiger partial charge in [-0.1, -0.05) is 0 Å². The molecule has 98 valence electrons. The molecular weight excluding hydrogens is 212 g/mol. The molecule has 2 bridgehead atoms. The minimum Gasteiger partial charge on any atom is -0.301 e. The second-order valence-corrected chi connectivity index (χ2v) is 6.16. The Labute approximate surface area is 105 Å². The van der Waals surface area contributed by atoms with Crippen molar-refractivity contribution in [3.63, 3.8) is 0 Å². The van der Waals surface area contributed by atoms with E-state index in [1.54, 1.807) is 0 Å². The second-order valence-electron chi connectivity index (χ2n) is 6.16. The third-order valence-electron chi connectivity index (χ3n) is 5.17. The highest BCUT2D eigenvalue weighted by Gasteiger charge is 2.40. The first-order valence-corrected chi connectivity index (χ1v) is 7.07. The number of hydrogen-bond donors (Lipinski definition) is 0. The van der Waals surface area contributed by atoms with Crippen molar-refractivity contribution in [2.45, 2.75) is 37.9 Å². The van der Waals surface area contributed by atoms with Crippen molar-refractivity contribution in [1.29, 1.82) is 0 Å². The summed E-state index contributed by atoms with van der Waals surface area (Å²) in [5, 5.41) is 5.26. The quantitative estimate of drug-likeness (QED) is 0.652. The van der Waals surface area contributed by atoms with Crippen molar-refractivity contribution in [3.8, 4) is 0 Å². The fourth-order valence-corrected chi connectivity index (χ4v) is 3.61. The largest absolute Gasteiger partial charge is 0.301 e. The summed E-state index contributed by atoms with van der Waals surface area (Å²) >= 11 is 0. The SMILES string of the molecule is C[C@H]1CN(N2CC3CCC(C2)N3C)CCN1C. The molecule has 3 saturated heterocycles. The van der Waals surface area contributed by atoms with Gasteiger partial charge in [-0.15, -0.1) is 0 Å². The Balaban J connectivity index is 1.63. The zero-order valence-corrected chi connectivity index (χ0v) is 11.5. The summed E-state index contributed by atoms with van der Waals surface area (Å²) in [6, 6.07) is 2.31. The first-order valence-electron chi connectivity index (χ1n) is 7.07. The molecule has 3 aliphatic heterocycles. The Morgan fingerprint density at radius 2 is 1.47 bits per heavy atom. The number of nitrogens with zero attached hydrogens (tertiary/aromatic N) is 4. The highest BCUT2D eigenvalue weighted by atomic mass is 15.7. The van der Waals surface area contributed by atoms with Crippen LogP contribution in [0.1, 0.15) is 19.8 Å².